The molecule has 0 aliphatic carbocycles. The Balaban J connectivity index is 0.00000211. The van der Waals surface area contributed by atoms with Gasteiger partial charge in [0.15, 0.2) is 0 Å². The van der Waals surface area contributed by atoms with E-state index < -0.39 is 0 Å². The summed E-state index contributed by atoms with van der Waals surface area (Å²) in [7, 11) is 1.72. The van der Waals surface area contributed by atoms with E-state index in [1.165, 1.54) is 0 Å². The van der Waals surface area contributed by atoms with Crippen LogP contribution in [0.25, 0.3) is 0 Å². The molecule has 0 unspecified atom stereocenters. The summed E-state index contributed by atoms with van der Waals surface area (Å²) in [6, 6.07) is 0. The zero-order valence-electron chi connectivity index (χ0n) is 15.0. The van der Waals surface area contributed by atoms with Gasteiger partial charge in [-0.05, 0) is 12.8 Å². The fourth-order valence-corrected chi connectivity index (χ4v) is 2.31. The smallest absolute Gasteiger partial charge is 0.222 e. The average Bonchev–Trinajstić information content (AvgIpc) is 2.57. The minimum atomic E-state index is 0.307. The van der Waals surface area contributed by atoms with Crippen LogP contribution < -0.4 is 0 Å². The summed E-state index contributed by atoms with van der Waals surface area (Å²) in [4.78, 5) is 16.4. The monoisotopic (exact) mass is 310 g/mol. The Hall–Kier alpha value is -1.05. The number of amides is 1. The van der Waals surface area contributed by atoms with E-state index in [2.05, 4.69) is 23.7 Å². The van der Waals surface area contributed by atoms with Gasteiger partial charge in [-0.2, -0.15) is 0 Å². The first-order valence-electron chi connectivity index (χ1n) is 8.72. The zero-order chi connectivity index (χ0) is 16.6. The lowest BCUT2D eigenvalue weighted by Crippen LogP contribution is -2.48. The van der Waals surface area contributed by atoms with Gasteiger partial charge in [-0.25, -0.2) is 0 Å². The Morgan fingerprint density at radius 3 is 2.32 bits per heavy atom. The minimum Gasteiger partial charge on any atom is -0.385 e. The summed E-state index contributed by atoms with van der Waals surface area (Å²) >= 11 is 0. The van der Waals surface area contributed by atoms with E-state index in [1.54, 1.807) is 7.11 Å². The van der Waals surface area contributed by atoms with E-state index in [1.807, 2.05) is 18.7 Å². The maximum Gasteiger partial charge on any atom is 0.222 e. The summed E-state index contributed by atoms with van der Waals surface area (Å²) in [5, 5.41) is 0. The fourth-order valence-electron chi connectivity index (χ4n) is 2.31. The van der Waals surface area contributed by atoms with Crippen molar-refractivity contribution >= 4 is 5.91 Å². The molecule has 0 spiro atoms. The van der Waals surface area contributed by atoms with Crippen molar-refractivity contribution in [2.45, 2.75) is 52.9 Å². The molecule has 1 rings (SSSR count). The Bertz CT molecular complexity index is 326. The predicted molar refractivity (Wildman–Crippen MR) is 92.8 cm³/mol. The maximum atomic E-state index is 12.0. The van der Waals surface area contributed by atoms with Crippen molar-refractivity contribution in [2.75, 3.05) is 46.4 Å². The maximum absolute atomic E-state index is 12.0. The molecule has 0 aromatic rings. The number of methoxy groups -OCH3 is 1. The molecule has 0 atom stereocenters. The molecule has 1 amide bonds. The molecule has 1 heterocycles. The molecular formula is C18H34N2O2. The molecule has 0 saturated carbocycles. The van der Waals surface area contributed by atoms with E-state index in [-0.39, 0.29) is 0 Å². The van der Waals surface area contributed by atoms with Gasteiger partial charge in [0.25, 0.3) is 0 Å². The van der Waals surface area contributed by atoms with E-state index in [0.717, 1.165) is 65.0 Å². The number of carbonyl (C=O) groups is 1. The molecule has 22 heavy (non-hydrogen) atoms. The number of rotatable bonds is 7. The second-order valence-corrected chi connectivity index (χ2v) is 5.17. The van der Waals surface area contributed by atoms with Crippen LogP contribution >= 0.6 is 0 Å². The van der Waals surface area contributed by atoms with Gasteiger partial charge in [0, 0.05) is 52.7 Å². The summed E-state index contributed by atoms with van der Waals surface area (Å²) < 4.78 is 5.01. The Kier molecular flexibility index (Phi) is 14.2. The normalized spacial score (nSPS) is 14.6. The van der Waals surface area contributed by atoms with Crippen molar-refractivity contribution in [3.05, 3.63) is 0 Å². The molecular weight excluding hydrogens is 276 g/mol. The summed E-state index contributed by atoms with van der Waals surface area (Å²) in [6.45, 7) is 11.3. The van der Waals surface area contributed by atoms with Gasteiger partial charge in [-0.1, -0.05) is 33.1 Å². The number of nitrogens with zero attached hydrogens (tertiary/aromatic N) is 2. The highest BCUT2D eigenvalue weighted by Crippen LogP contribution is 2.07. The van der Waals surface area contributed by atoms with Gasteiger partial charge in [0.1, 0.15) is 0 Å². The fraction of sp³-hybridized carbons (Fsp3) is 0.833. The molecule has 0 bridgehead atoms. The summed E-state index contributed by atoms with van der Waals surface area (Å²) in [6.07, 6.45) is 4.70. The van der Waals surface area contributed by atoms with Crippen LogP contribution in [0.3, 0.4) is 0 Å². The van der Waals surface area contributed by atoms with Crippen molar-refractivity contribution in [1.82, 2.24) is 9.80 Å². The first kappa shape index (κ1) is 20.9. The van der Waals surface area contributed by atoms with E-state index >= 15 is 0 Å². The lowest BCUT2D eigenvalue weighted by Gasteiger charge is -2.33. The van der Waals surface area contributed by atoms with Crippen LogP contribution in [-0.4, -0.2) is 62.1 Å². The molecule has 1 saturated heterocycles. The topological polar surface area (TPSA) is 32.8 Å². The van der Waals surface area contributed by atoms with Gasteiger partial charge in [0.05, 0.1) is 6.54 Å². The van der Waals surface area contributed by atoms with Crippen molar-refractivity contribution < 1.29 is 9.53 Å². The minimum absolute atomic E-state index is 0.307. The van der Waals surface area contributed by atoms with E-state index in [4.69, 9.17) is 4.74 Å². The van der Waals surface area contributed by atoms with Crippen LogP contribution in [0.2, 0.25) is 0 Å². The third-order valence-electron chi connectivity index (χ3n) is 3.57. The lowest BCUT2D eigenvalue weighted by atomic mass is 10.1. The van der Waals surface area contributed by atoms with Crippen LogP contribution in [0.15, 0.2) is 0 Å². The van der Waals surface area contributed by atoms with Gasteiger partial charge >= 0.3 is 0 Å². The van der Waals surface area contributed by atoms with Crippen LogP contribution in [0, 0.1) is 11.8 Å². The lowest BCUT2D eigenvalue weighted by molar-refractivity contribution is -0.133. The van der Waals surface area contributed by atoms with Gasteiger partial charge < -0.3 is 9.64 Å². The number of ether oxygens (including phenoxy) is 1. The third-order valence-corrected chi connectivity index (χ3v) is 3.57. The average molecular weight is 310 g/mol. The van der Waals surface area contributed by atoms with Crippen molar-refractivity contribution in [1.29, 1.82) is 0 Å². The Morgan fingerprint density at radius 2 is 1.73 bits per heavy atom. The molecule has 1 aliphatic rings. The van der Waals surface area contributed by atoms with E-state index in [9.17, 15) is 4.79 Å². The SMILES string of the molecule is CC.CCC#CCN1CCN(C(=O)CCCCCOC)CC1. The highest BCUT2D eigenvalue weighted by molar-refractivity contribution is 5.76. The highest BCUT2D eigenvalue weighted by Gasteiger charge is 2.19. The summed E-state index contributed by atoms with van der Waals surface area (Å²) in [5.41, 5.74) is 0. The third kappa shape index (κ3) is 9.81. The molecule has 4 nitrogen and oxygen atoms in total. The zero-order valence-corrected chi connectivity index (χ0v) is 15.0. The number of unbranched alkanes of at least 4 members (excludes halogenated alkanes) is 2. The molecule has 0 N–H and O–H groups in total. The second-order valence-electron chi connectivity index (χ2n) is 5.17. The Labute approximate surface area is 137 Å². The van der Waals surface area contributed by atoms with E-state index in [0.29, 0.717) is 12.3 Å². The van der Waals surface area contributed by atoms with Crippen LogP contribution in [-0.2, 0) is 9.53 Å². The number of piperazine rings is 1. The largest absolute Gasteiger partial charge is 0.385 e. The molecule has 1 fully saturated rings. The first-order chi connectivity index (χ1) is 10.8. The number of carbonyl (C=O) groups excluding carboxylic acids is 1. The highest BCUT2D eigenvalue weighted by atomic mass is 16.5. The molecule has 1 aliphatic heterocycles. The quantitative estimate of drug-likeness (QED) is 0.535. The molecule has 0 aromatic carbocycles. The second kappa shape index (κ2) is 14.9. The van der Waals surface area contributed by atoms with Crippen molar-refractivity contribution in [3.8, 4) is 11.8 Å². The Morgan fingerprint density at radius 1 is 1.05 bits per heavy atom. The van der Waals surface area contributed by atoms with Crippen LogP contribution in [0.5, 0.6) is 0 Å². The molecule has 4 heteroatoms. The molecule has 0 aromatic heterocycles. The number of hydrogen-bond donors (Lipinski definition) is 0. The van der Waals surface area contributed by atoms with Crippen LogP contribution in [0.1, 0.15) is 52.9 Å². The standard InChI is InChI=1S/C16H28N2O2.C2H6/c1-3-4-7-10-17-11-13-18(14-12-17)16(19)9-6-5-8-15-20-2;1-2/h3,5-6,8-15H2,1-2H3;1-2H3. The number of hydrogen-bond acceptors (Lipinski definition) is 3. The van der Waals surface area contributed by atoms with Crippen LogP contribution in [0.4, 0.5) is 0 Å². The van der Waals surface area contributed by atoms with Gasteiger partial charge in [-0.15, -0.1) is 5.92 Å². The van der Waals surface area contributed by atoms with Gasteiger partial charge in [-0.3, -0.25) is 9.69 Å². The van der Waals surface area contributed by atoms with Gasteiger partial charge in [0.2, 0.25) is 5.91 Å². The molecule has 0 radical (unpaired) electrons. The summed E-state index contributed by atoms with van der Waals surface area (Å²) in [5.74, 6) is 6.56. The van der Waals surface area contributed by atoms with Crippen molar-refractivity contribution in [2.24, 2.45) is 0 Å². The predicted octanol–water partition coefficient (Wildman–Crippen LogP) is 2.78. The first-order valence-corrected chi connectivity index (χ1v) is 8.72. The molecule has 128 valence electrons. The van der Waals surface area contributed by atoms with Crippen molar-refractivity contribution in [3.63, 3.8) is 0 Å².